The van der Waals surface area contributed by atoms with Crippen molar-refractivity contribution >= 4 is 5.95 Å². The fourth-order valence-corrected chi connectivity index (χ4v) is 3.21. The van der Waals surface area contributed by atoms with Crippen LogP contribution >= 0.6 is 0 Å². The summed E-state index contributed by atoms with van der Waals surface area (Å²) in [7, 11) is 0. The van der Waals surface area contributed by atoms with Crippen LogP contribution in [0.15, 0.2) is 18.9 Å². The summed E-state index contributed by atoms with van der Waals surface area (Å²) in [4.78, 5) is 7.09. The van der Waals surface area contributed by atoms with Gasteiger partial charge in [0.2, 0.25) is 5.95 Å². The number of anilines is 1. The Balaban J connectivity index is 1.63. The summed E-state index contributed by atoms with van der Waals surface area (Å²) in [5.41, 5.74) is 1.03. The van der Waals surface area contributed by atoms with Crippen molar-refractivity contribution in [2.24, 2.45) is 0 Å². The summed E-state index contributed by atoms with van der Waals surface area (Å²) < 4.78 is 8.19. The molecule has 1 N–H and O–H groups in total. The predicted octanol–water partition coefficient (Wildman–Crippen LogP) is 1.65. The fraction of sp³-hybridized carbons (Fsp3) is 0.667. The average Bonchev–Trinajstić information content (AvgIpc) is 3.02. The minimum atomic E-state index is 0.266. The zero-order valence-corrected chi connectivity index (χ0v) is 12.2. The minimum Gasteiger partial charge on any atom is -0.373 e. The van der Waals surface area contributed by atoms with Crippen molar-refractivity contribution in [3.05, 3.63) is 24.5 Å². The molecule has 5 nitrogen and oxygen atoms in total. The van der Waals surface area contributed by atoms with Gasteiger partial charge >= 0.3 is 0 Å². The molecule has 0 amide bonds. The van der Waals surface area contributed by atoms with Gasteiger partial charge in [-0.25, -0.2) is 4.98 Å². The van der Waals surface area contributed by atoms with Crippen molar-refractivity contribution in [3.63, 3.8) is 0 Å². The van der Waals surface area contributed by atoms with E-state index in [2.05, 4.69) is 32.5 Å². The molecule has 3 heterocycles. The maximum absolute atomic E-state index is 6.03. The summed E-state index contributed by atoms with van der Waals surface area (Å²) in [6.07, 6.45) is 6.81. The van der Waals surface area contributed by atoms with Crippen molar-refractivity contribution in [3.8, 4) is 0 Å². The van der Waals surface area contributed by atoms with Gasteiger partial charge in [-0.05, 0) is 26.3 Å². The number of morpholine rings is 1. The largest absolute Gasteiger partial charge is 0.373 e. The highest BCUT2D eigenvalue weighted by atomic mass is 16.5. The Morgan fingerprint density at radius 1 is 1.60 bits per heavy atom. The molecule has 0 aliphatic carbocycles. The maximum Gasteiger partial charge on any atom is 0.203 e. The van der Waals surface area contributed by atoms with Gasteiger partial charge < -0.3 is 14.6 Å². The van der Waals surface area contributed by atoms with Gasteiger partial charge in [0.05, 0.1) is 24.9 Å². The Labute approximate surface area is 120 Å². The molecule has 2 atom stereocenters. The molecule has 3 rings (SSSR count). The molecule has 2 unspecified atom stereocenters. The molecule has 110 valence electrons. The third kappa shape index (κ3) is 2.88. The second-order valence-electron chi connectivity index (χ2n) is 5.77. The van der Waals surface area contributed by atoms with Crippen molar-refractivity contribution in [2.45, 2.75) is 38.5 Å². The topological polar surface area (TPSA) is 42.3 Å². The van der Waals surface area contributed by atoms with Gasteiger partial charge in [0.25, 0.3) is 0 Å². The number of hydrogen-bond acceptors (Lipinski definition) is 4. The zero-order chi connectivity index (χ0) is 13.9. The van der Waals surface area contributed by atoms with Crippen LogP contribution in [0, 0.1) is 6.92 Å². The van der Waals surface area contributed by atoms with Gasteiger partial charge in [-0.2, -0.15) is 0 Å². The molecule has 0 radical (unpaired) electrons. The number of fused-ring (bicyclic) bond motifs is 1. The van der Waals surface area contributed by atoms with Crippen LogP contribution in [0.3, 0.4) is 0 Å². The summed E-state index contributed by atoms with van der Waals surface area (Å²) in [6, 6.07) is 0.661. The third-order valence-electron chi connectivity index (χ3n) is 4.16. The summed E-state index contributed by atoms with van der Waals surface area (Å²) in [5, 5.41) is 3.28. The van der Waals surface area contributed by atoms with E-state index in [0.717, 1.165) is 37.9 Å². The molecule has 2 aliphatic heterocycles. The van der Waals surface area contributed by atoms with Crippen LogP contribution in [0.1, 0.15) is 18.5 Å². The van der Waals surface area contributed by atoms with Gasteiger partial charge in [0.15, 0.2) is 0 Å². The number of ether oxygens (including phenoxy) is 1. The number of hydrogen-bond donors (Lipinski definition) is 1. The molecule has 2 saturated heterocycles. The van der Waals surface area contributed by atoms with Crippen molar-refractivity contribution in [2.75, 3.05) is 31.6 Å². The predicted molar refractivity (Wildman–Crippen MR) is 80.0 cm³/mol. The minimum absolute atomic E-state index is 0.266. The van der Waals surface area contributed by atoms with Crippen LogP contribution in [0.25, 0.3) is 0 Å². The molecule has 0 aromatic carbocycles. The van der Waals surface area contributed by atoms with Crippen LogP contribution in [-0.4, -0.2) is 52.8 Å². The smallest absolute Gasteiger partial charge is 0.203 e. The number of aromatic nitrogens is 2. The van der Waals surface area contributed by atoms with Crippen LogP contribution in [0.2, 0.25) is 0 Å². The van der Waals surface area contributed by atoms with E-state index in [0.29, 0.717) is 6.04 Å². The Morgan fingerprint density at radius 3 is 3.35 bits per heavy atom. The van der Waals surface area contributed by atoms with Gasteiger partial charge in [0.1, 0.15) is 0 Å². The van der Waals surface area contributed by atoms with Crippen LogP contribution < -0.4 is 5.32 Å². The highest BCUT2D eigenvalue weighted by molar-refractivity contribution is 5.29. The molecule has 0 spiro atoms. The van der Waals surface area contributed by atoms with Crippen LogP contribution in [0.4, 0.5) is 5.95 Å². The molecule has 0 saturated carbocycles. The highest BCUT2D eigenvalue weighted by Gasteiger charge is 2.32. The Morgan fingerprint density at radius 2 is 2.50 bits per heavy atom. The molecular weight excluding hydrogens is 252 g/mol. The maximum atomic E-state index is 6.03. The van der Waals surface area contributed by atoms with E-state index in [9.17, 15) is 0 Å². The van der Waals surface area contributed by atoms with E-state index in [4.69, 9.17) is 4.74 Å². The SMILES string of the molecule is C=CCNc1nc(C)cn1CC1CN2CCCC2CO1. The molecule has 20 heavy (non-hydrogen) atoms. The third-order valence-corrected chi connectivity index (χ3v) is 4.16. The lowest BCUT2D eigenvalue weighted by atomic mass is 10.2. The monoisotopic (exact) mass is 276 g/mol. The standard InChI is InChI=1S/C15H24N4O/c1-3-6-16-15-17-12(2)8-19(15)10-14-9-18-7-4-5-13(18)11-20-14/h3,8,13-14H,1,4-7,9-11H2,2H3,(H,16,17). The quantitative estimate of drug-likeness (QED) is 0.831. The van der Waals surface area contributed by atoms with E-state index >= 15 is 0 Å². The van der Waals surface area contributed by atoms with Gasteiger partial charge in [-0.1, -0.05) is 6.08 Å². The summed E-state index contributed by atoms with van der Waals surface area (Å²) in [5.74, 6) is 0.912. The van der Waals surface area contributed by atoms with Gasteiger partial charge in [-0.15, -0.1) is 6.58 Å². The fourth-order valence-electron chi connectivity index (χ4n) is 3.21. The van der Waals surface area contributed by atoms with Crippen molar-refractivity contribution in [1.82, 2.24) is 14.5 Å². The lowest BCUT2D eigenvalue weighted by molar-refractivity contribution is -0.0549. The normalized spacial score (nSPS) is 26.4. The number of imidazole rings is 1. The molecule has 1 aromatic rings. The average molecular weight is 276 g/mol. The molecular formula is C15H24N4O. The lowest BCUT2D eigenvalue weighted by Gasteiger charge is -2.35. The van der Waals surface area contributed by atoms with E-state index in [1.54, 1.807) is 0 Å². The first-order valence-corrected chi connectivity index (χ1v) is 7.50. The Hall–Kier alpha value is -1.33. The number of aryl methyl sites for hydroxylation is 1. The van der Waals surface area contributed by atoms with Crippen molar-refractivity contribution in [1.29, 1.82) is 0 Å². The Kier molecular flexibility index (Phi) is 4.08. The Bertz CT molecular complexity index is 470. The molecule has 5 heteroatoms. The highest BCUT2D eigenvalue weighted by Crippen LogP contribution is 2.23. The number of rotatable bonds is 5. The van der Waals surface area contributed by atoms with E-state index < -0.39 is 0 Å². The molecule has 1 aromatic heterocycles. The lowest BCUT2D eigenvalue weighted by Crippen LogP contribution is -2.47. The first kappa shape index (κ1) is 13.6. The van der Waals surface area contributed by atoms with Gasteiger partial charge in [-0.3, -0.25) is 4.90 Å². The van der Waals surface area contributed by atoms with E-state index in [-0.39, 0.29) is 6.10 Å². The summed E-state index contributed by atoms with van der Waals surface area (Å²) >= 11 is 0. The first-order chi connectivity index (χ1) is 9.76. The first-order valence-electron chi connectivity index (χ1n) is 7.50. The molecule has 0 bridgehead atoms. The van der Waals surface area contributed by atoms with Crippen LogP contribution in [-0.2, 0) is 11.3 Å². The number of nitrogens with zero attached hydrogens (tertiary/aromatic N) is 3. The van der Waals surface area contributed by atoms with E-state index in [1.165, 1.54) is 19.4 Å². The van der Waals surface area contributed by atoms with Crippen molar-refractivity contribution < 1.29 is 4.74 Å². The molecule has 2 fully saturated rings. The van der Waals surface area contributed by atoms with Gasteiger partial charge in [0, 0.05) is 25.3 Å². The second kappa shape index (κ2) is 5.97. The zero-order valence-electron chi connectivity index (χ0n) is 12.2. The van der Waals surface area contributed by atoms with E-state index in [1.807, 2.05) is 13.0 Å². The second-order valence-corrected chi connectivity index (χ2v) is 5.77. The molecule has 2 aliphatic rings. The summed E-state index contributed by atoms with van der Waals surface area (Å²) in [6.45, 7) is 10.5. The van der Waals surface area contributed by atoms with Crippen LogP contribution in [0.5, 0.6) is 0 Å². The number of nitrogens with one attached hydrogen (secondary N) is 1.